The molecule has 2 fully saturated rings. The van der Waals surface area contributed by atoms with Crippen LogP contribution in [0.3, 0.4) is 0 Å². The predicted octanol–water partition coefficient (Wildman–Crippen LogP) is 2.20. The van der Waals surface area contributed by atoms with E-state index < -0.39 is 0 Å². The van der Waals surface area contributed by atoms with Crippen LogP contribution in [0.5, 0.6) is 0 Å². The van der Waals surface area contributed by atoms with E-state index >= 15 is 0 Å². The van der Waals surface area contributed by atoms with Gasteiger partial charge in [-0.15, -0.1) is 0 Å². The number of fused-ring (bicyclic) bond motifs is 1. The fourth-order valence-electron chi connectivity index (χ4n) is 4.10. The van der Waals surface area contributed by atoms with Gasteiger partial charge in [-0.3, -0.25) is 9.59 Å². The third-order valence-corrected chi connectivity index (χ3v) is 5.34. The normalized spacial score (nSPS) is 32.1. The zero-order valence-corrected chi connectivity index (χ0v) is 13.0. The maximum atomic E-state index is 12.9. The van der Waals surface area contributed by atoms with Crippen LogP contribution in [0.2, 0.25) is 0 Å². The van der Waals surface area contributed by atoms with Crippen molar-refractivity contribution in [2.75, 3.05) is 19.6 Å². The monoisotopic (exact) mass is 290 g/mol. The van der Waals surface area contributed by atoms with Gasteiger partial charge in [0.2, 0.25) is 11.8 Å². The van der Waals surface area contributed by atoms with Crippen molar-refractivity contribution in [2.24, 2.45) is 11.8 Å². The van der Waals surface area contributed by atoms with Gasteiger partial charge in [0, 0.05) is 26.1 Å². The van der Waals surface area contributed by atoms with Crippen molar-refractivity contribution >= 4 is 11.8 Å². The molecule has 2 amide bonds. The number of hydrogen-bond acceptors (Lipinski definition) is 2. The molecule has 1 aliphatic carbocycles. The van der Waals surface area contributed by atoms with E-state index in [0.717, 1.165) is 51.7 Å². The molecule has 2 saturated heterocycles. The van der Waals surface area contributed by atoms with Gasteiger partial charge in [-0.1, -0.05) is 19.1 Å². The number of carbonyl (C=O) groups is 2. The Kier molecular flexibility index (Phi) is 4.32. The highest BCUT2D eigenvalue weighted by atomic mass is 16.2. The largest absolute Gasteiger partial charge is 0.340 e. The van der Waals surface area contributed by atoms with Gasteiger partial charge in [0.1, 0.15) is 6.04 Å². The summed E-state index contributed by atoms with van der Waals surface area (Å²) < 4.78 is 0. The summed E-state index contributed by atoms with van der Waals surface area (Å²) in [5, 5.41) is 0. The minimum atomic E-state index is -0.195. The Morgan fingerprint density at radius 3 is 2.38 bits per heavy atom. The molecule has 0 saturated carbocycles. The van der Waals surface area contributed by atoms with Crippen molar-refractivity contribution in [3.8, 4) is 0 Å². The molecule has 116 valence electrons. The molecule has 2 aliphatic heterocycles. The summed E-state index contributed by atoms with van der Waals surface area (Å²) in [4.78, 5) is 28.9. The first kappa shape index (κ1) is 14.6. The summed E-state index contributed by atoms with van der Waals surface area (Å²) in [5.41, 5.74) is 0. The van der Waals surface area contributed by atoms with Gasteiger partial charge in [0.25, 0.3) is 0 Å². The number of amides is 2. The SMILES string of the molecule is CCC(=O)N1CCCCC1C(=O)N1CC2CC=CCC2C1. The molecule has 0 aromatic heterocycles. The molecule has 21 heavy (non-hydrogen) atoms. The molecule has 3 atom stereocenters. The van der Waals surface area contributed by atoms with E-state index in [4.69, 9.17) is 0 Å². The molecule has 0 aromatic rings. The molecule has 2 heterocycles. The second-order valence-electron chi connectivity index (χ2n) is 6.66. The van der Waals surface area contributed by atoms with E-state index in [1.807, 2.05) is 16.7 Å². The lowest BCUT2D eigenvalue weighted by molar-refractivity contribution is -0.147. The van der Waals surface area contributed by atoms with E-state index in [9.17, 15) is 9.59 Å². The highest BCUT2D eigenvalue weighted by Crippen LogP contribution is 2.34. The van der Waals surface area contributed by atoms with Crippen LogP contribution in [-0.2, 0) is 9.59 Å². The molecule has 4 heteroatoms. The average Bonchev–Trinajstić information content (AvgIpc) is 2.97. The molecule has 0 bridgehead atoms. The second-order valence-corrected chi connectivity index (χ2v) is 6.66. The Hall–Kier alpha value is -1.32. The number of piperidine rings is 1. The van der Waals surface area contributed by atoms with Gasteiger partial charge in [-0.05, 0) is 43.9 Å². The summed E-state index contributed by atoms with van der Waals surface area (Å²) in [6.07, 6.45) is 10.2. The van der Waals surface area contributed by atoms with Gasteiger partial charge in [0.15, 0.2) is 0 Å². The summed E-state index contributed by atoms with van der Waals surface area (Å²) >= 11 is 0. The van der Waals surface area contributed by atoms with Crippen LogP contribution in [0.1, 0.15) is 45.4 Å². The number of nitrogens with zero attached hydrogens (tertiary/aromatic N) is 2. The Balaban J connectivity index is 1.67. The van der Waals surface area contributed by atoms with Gasteiger partial charge in [-0.25, -0.2) is 0 Å². The molecule has 0 N–H and O–H groups in total. The van der Waals surface area contributed by atoms with E-state index in [-0.39, 0.29) is 17.9 Å². The van der Waals surface area contributed by atoms with Crippen molar-refractivity contribution in [1.82, 2.24) is 9.80 Å². The predicted molar refractivity (Wildman–Crippen MR) is 81.6 cm³/mol. The summed E-state index contributed by atoms with van der Waals surface area (Å²) in [7, 11) is 0. The van der Waals surface area contributed by atoms with Crippen LogP contribution >= 0.6 is 0 Å². The fraction of sp³-hybridized carbons (Fsp3) is 0.765. The topological polar surface area (TPSA) is 40.6 Å². The van der Waals surface area contributed by atoms with E-state index in [0.29, 0.717) is 18.3 Å². The molecule has 4 nitrogen and oxygen atoms in total. The standard InChI is InChI=1S/C17H26N2O2/c1-2-16(20)19-10-6-5-9-15(19)17(21)18-11-13-7-3-4-8-14(13)12-18/h3-4,13-15H,2,5-12H2,1H3. The first-order valence-corrected chi connectivity index (χ1v) is 8.44. The van der Waals surface area contributed by atoms with Gasteiger partial charge < -0.3 is 9.80 Å². The third-order valence-electron chi connectivity index (χ3n) is 5.34. The lowest BCUT2D eigenvalue weighted by Crippen LogP contribution is -2.52. The second kappa shape index (κ2) is 6.20. The number of allylic oxidation sites excluding steroid dienone is 2. The van der Waals surface area contributed by atoms with Gasteiger partial charge >= 0.3 is 0 Å². The zero-order valence-electron chi connectivity index (χ0n) is 13.0. The number of likely N-dealkylation sites (tertiary alicyclic amines) is 2. The van der Waals surface area contributed by atoms with E-state index in [2.05, 4.69) is 12.2 Å². The zero-order chi connectivity index (χ0) is 14.8. The summed E-state index contributed by atoms with van der Waals surface area (Å²) in [6, 6.07) is -0.195. The Morgan fingerprint density at radius 2 is 1.76 bits per heavy atom. The molecule has 0 radical (unpaired) electrons. The molecule has 0 spiro atoms. The van der Waals surface area contributed by atoms with Gasteiger partial charge in [-0.2, -0.15) is 0 Å². The van der Waals surface area contributed by atoms with Crippen LogP contribution < -0.4 is 0 Å². The van der Waals surface area contributed by atoms with Crippen molar-refractivity contribution < 1.29 is 9.59 Å². The molecule has 3 rings (SSSR count). The molecule has 3 unspecified atom stereocenters. The fourth-order valence-corrected chi connectivity index (χ4v) is 4.10. The molecule has 3 aliphatic rings. The lowest BCUT2D eigenvalue weighted by atomic mass is 9.86. The maximum Gasteiger partial charge on any atom is 0.245 e. The quantitative estimate of drug-likeness (QED) is 0.732. The maximum absolute atomic E-state index is 12.9. The average molecular weight is 290 g/mol. The van der Waals surface area contributed by atoms with Crippen LogP contribution in [0.25, 0.3) is 0 Å². The number of carbonyl (C=O) groups excluding carboxylic acids is 2. The van der Waals surface area contributed by atoms with Crippen LogP contribution in [0.4, 0.5) is 0 Å². The molecular weight excluding hydrogens is 264 g/mol. The number of hydrogen-bond donors (Lipinski definition) is 0. The summed E-state index contributed by atoms with van der Waals surface area (Å²) in [5.74, 6) is 1.60. The van der Waals surface area contributed by atoms with E-state index in [1.54, 1.807) is 0 Å². The van der Waals surface area contributed by atoms with Crippen LogP contribution in [0.15, 0.2) is 12.2 Å². The Bertz CT molecular complexity index is 430. The molecular formula is C17H26N2O2. The van der Waals surface area contributed by atoms with Gasteiger partial charge in [0.05, 0.1) is 0 Å². The van der Waals surface area contributed by atoms with Crippen molar-refractivity contribution in [3.63, 3.8) is 0 Å². The Labute approximate surface area is 127 Å². The van der Waals surface area contributed by atoms with Crippen molar-refractivity contribution in [2.45, 2.75) is 51.5 Å². The highest BCUT2D eigenvalue weighted by molar-refractivity contribution is 5.88. The Morgan fingerprint density at radius 1 is 1.10 bits per heavy atom. The minimum absolute atomic E-state index is 0.131. The summed E-state index contributed by atoms with van der Waals surface area (Å²) in [6.45, 7) is 4.41. The minimum Gasteiger partial charge on any atom is -0.340 e. The highest BCUT2D eigenvalue weighted by Gasteiger charge is 2.40. The van der Waals surface area contributed by atoms with E-state index in [1.165, 1.54) is 0 Å². The first-order valence-electron chi connectivity index (χ1n) is 8.44. The lowest BCUT2D eigenvalue weighted by Gasteiger charge is -2.36. The number of rotatable bonds is 2. The van der Waals surface area contributed by atoms with Crippen LogP contribution in [-0.4, -0.2) is 47.3 Å². The van der Waals surface area contributed by atoms with Crippen molar-refractivity contribution in [3.05, 3.63) is 12.2 Å². The first-order chi connectivity index (χ1) is 10.2. The van der Waals surface area contributed by atoms with Crippen molar-refractivity contribution in [1.29, 1.82) is 0 Å². The molecule has 0 aromatic carbocycles. The smallest absolute Gasteiger partial charge is 0.245 e. The third kappa shape index (κ3) is 2.85. The van der Waals surface area contributed by atoms with Crippen LogP contribution in [0, 0.1) is 11.8 Å².